The van der Waals surface area contributed by atoms with E-state index in [1.165, 1.54) is 0 Å². The summed E-state index contributed by atoms with van der Waals surface area (Å²) in [7, 11) is 1.67. The molecule has 2 aromatic heterocycles. The van der Waals surface area contributed by atoms with Crippen LogP contribution in [0.1, 0.15) is 31.0 Å². The predicted octanol–water partition coefficient (Wildman–Crippen LogP) is 3.13. The van der Waals surface area contributed by atoms with Gasteiger partial charge in [-0.05, 0) is 48.7 Å². The van der Waals surface area contributed by atoms with Crippen molar-refractivity contribution in [3.05, 3.63) is 54.0 Å². The van der Waals surface area contributed by atoms with Crippen LogP contribution in [0.3, 0.4) is 0 Å². The zero-order valence-corrected chi connectivity index (χ0v) is 19.2. The average Bonchev–Trinajstić information content (AvgIpc) is 3.24. The number of hydrogen-bond acceptors (Lipinski definition) is 6. The summed E-state index contributed by atoms with van der Waals surface area (Å²) in [6.45, 7) is 9.26. The number of rotatable bonds is 6. The van der Waals surface area contributed by atoms with Gasteiger partial charge in [0.05, 0.1) is 12.8 Å². The second-order valence-electron chi connectivity index (χ2n) is 8.37. The minimum atomic E-state index is 0.0843. The quantitative estimate of drug-likeness (QED) is 0.593. The summed E-state index contributed by atoms with van der Waals surface area (Å²) in [6, 6.07) is 9.93. The highest BCUT2D eigenvalue weighted by Gasteiger charge is 2.24. The molecule has 0 saturated carbocycles. The van der Waals surface area contributed by atoms with Crippen LogP contribution in [0.15, 0.2) is 42.7 Å². The van der Waals surface area contributed by atoms with Gasteiger partial charge in [0.25, 0.3) is 0 Å². The van der Waals surface area contributed by atoms with Crippen LogP contribution < -0.4 is 9.64 Å². The van der Waals surface area contributed by atoms with E-state index < -0.39 is 0 Å². The Bertz CT molecular complexity index is 1070. The van der Waals surface area contributed by atoms with Gasteiger partial charge >= 0.3 is 0 Å². The molecule has 0 bridgehead atoms. The van der Waals surface area contributed by atoms with Crippen LogP contribution in [0.2, 0.25) is 0 Å². The van der Waals surface area contributed by atoms with Crippen molar-refractivity contribution < 1.29 is 9.53 Å². The molecule has 1 aliphatic rings. The Labute approximate surface area is 188 Å². The van der Waals surface area contributed by atoms with Gasteiger partial charge in [-0.3, -0.25) is 9.48 Å². The maximum Gasteiger partial charge on any atom is 0.244 e. The molecule has 1 aliphatic heterocycles. The van der Waals surface area contributed by atoms with Gasteiger partial charge in [0.2, 0.25) is 11.9 Å². The van der Waals surface area contributed by atoms with E-state index in [0.29, 0.717) is 19.0 Å². The number of benzene rings is 1. The smallest absolute Gasteiger partial charge is 0.244 e. The zero-order chi connectivity index (χ0) is 22.7. The van der Waals surface area contributed by atoms with E-state index in [2.05, 4.69) is 40.8 Å². The molecule has 0 radical (unpaired) electrons. The number of ether oxygens (including phenoxy) is 1. The minimum absolute atomic E-state index is 0.0843. The summed E-state index contributed by atoms with van der Waals surface area (Å²) in [4.78, 5) is 25.7. The van der Waals surface area contributed by atoms with Gasteiger partial charge in [-0.15, -0.1) is 0 Å². The average molecular weight is 435 g/mol. The predicted molar refractivity (Wildman–Crippen MR) is 124 cm³/mol. The first-order valence-corrected chi connectivity index (χ1v) is 11.0. The highest BCUT2D eigenvalue weighted by molar-refractivity contribution is 5.76. The van der Waals surface area contributed by atoms with E-state index in [1.54, 1.807) is 25.6 Å². The van der Waals surface area contributed by atoms with Gasteiger partial charge in [-0.2, -0.15) is 5.10 Å². The van der Waals surface area contributed by atoms with Gasteiger partial charge in [0, 0.05) is 49.8 Å². The fourth-order valence-corrected chi connectivity index (χ4v) is 4.04. The second kappa shape index (κ2) is 9.38. The molecule has 8 nitrogen and oxygen atoms in total. The number of amides is 1. The fraction of sp³-hybridized carbons (Fsp3) is 0.417. The highest BCUT2D eigenvalue weighted by atomic mass is 16.5. The van der Waals surface area contributed by atoms with Crippen LogP contribution in [-0.4, -0.2) is 63.8 Å². The van der Waals surface area contributed by atoms with Crippen molar-refractivity contribution in [3.8, 4) is 17.0 Å². The van der Waals surface area contributed by atoms with Gasteiger partial charge in [-0.1, -0.05) is 13.8 Å². The lowest BCUT2D eigenvalue weighted by Crippen LogP contribution is -2.50. The highest BCUT2D eigenvalue weighted by Crippen LogP contribution is 2.28. The van der Waals surface area contributed by atoms with Crippen molar-refractivity contribution in [1.29, 1.82) is 0 Å². The summed E-state index contributed by atoms with van der Waals surface area (Å²) >= 11 is 0. The molecule has 0 aliphatic carbocycles. The first-order valence-electron chi connectivity index (χ1n) is 11.0. The van der Waals surface area contributed by atoms with Gasteiger partial charge < -0.3 is 14.5 Å². The Hall–Kier alpha value is -3.42. The number of carbonyl (C=O) groups excluding carboxylic acids is 1. The summed E-state index contributed by atoms with van der Waals surface area (Å²) in [5, 5.41) is 4.79. The number of hydrogen-bond donors (Lipinski definition) is 0. The molecule has 3 heterocycles. The van der Waals surface area contributed by atoms with Crippen molar-refractivity contribution in [2.45, 2.75) is 33.2 Å². The van der Waals surface area contributed by atoms with Crippen molar-refractivity contribution >= 4 is 11.9 Å². The molecule has 0 unspecified atom stereocenters. The zero-order valence-electron chi connectivity index (χ0n) is 19.2. The van der Waals surface area contributed by atoms with Crippen LogP contribution in [0.5, 0.6) is 5.75 Å². The number of methoxy groups -OCH3 is 1. The maximum absolute atomic E-state index is 13.1. The summed E-state index contributed by atoms with van der Waals surface area (Å²) in [5.41, 5.74) is 4.01. The first-order chi connectivity index (χ1) is 15.5. The fourth-order valence-electron chi connectivity index (χ4n) is 4.04. The topological polar surface area (TPSA) is 76.4 Å². The maximum atomic E-state index is 13.1. The van der Waals surface area contributed by atoms with Gasteiger partial charge in [0.15, 0.2) is 0 Å². The Morgan fingerprint density at radius 2 is 1.81 bits per heavy atom. The molecule has 1 fully saturated rings. The first kappa shape index (κ1) is 21.8. The number of aromatic nitrogens is 4. The van der Waals surface area contributed by atoms with Crippen molar-refractivity contribution in [2.75, 3.05) is 38.2 Å². The third-order valence-corrected chi connectivity index (χ3v) is 5.85. The van der Waals surface area contributed by atoms with E-state index in [0.717, 1.165) is 41.4 Å². The largest absolute Gasteiger partial charge is 0.496 e. The van der Waals surface area contributed by atoms with Crippen LogP contribution in [-0.2, 0) is 11.3 Å². The molecular weight excluding hydrogens is 404 g/mol. The Morgan fingerprint density at radius 3 is 2.44 bits per heavy atom. The third-order valence-electron chi connectivity index (χ3n) is 5.85. The number of anilines is 1. The lowest BCUT2D eigenvalue weighted by molar-refractivity contribution is -0.132. The second-order valence-corrected chi connectivity index (χ2v) is 8.37. The number of aryl methyl sites for hydroxylation is 1. The molecule has 32 heavy (non-hydrogen) atoms. The lowest BCUT2D eigenvalue weighted by Gasteiger charge is -2.34. The molecule has 0 atom stereocenters. The molecular formula is C24H30N6O2. The van der Waals surface area contributed by atoms with Crippen molar-refractivity contribution in [3.63, 3.8) is 0 Å². The van der Waals surface area contributed by atoms with Crippen LogP contribution in [0.4, 0.5) is 5.95 Å². The van der Waals surface area contributed by atoms with Crippen molar-refractivity contribution in [2.24, 2.45) is 0 Å². The van der Waals surface area contributed by atoms with E-state index in [9.17, 15) is 4.79 Å². The molecule has 168 valence electrons. The molecule has 0 spiro atoms. The Kier molecular flexibility index (Phi) is 6.39. The third kappa shape index (κ3) is 4.59. The Morgan fingerprint density at radius 1 is 1.09 bits per heavy atom. The van der Waals surface area contributed by atoms with Crippen LogP contribution in [0.25, 0.3) is 11.3 Å². The van der Waals surface area contributed by atoms with Crippen molar-refractivity contribution in [1.82, 2.24) is 24.6 Å². The molecule has 1 aromatic carbocycles. The molecule has 3 aromatic rings. The normalized spacial score (nSPS) is 14.2. The SMILES string of the molecule is COc1ccc(-c2cc(C(C)C)n(CC(=O)N3CCN(c4ncccn4)CC3)n2)cc1C. The summed E-state index contributed by atoms with van der Waals surface area (Å²) in [5.74, 6) is 1.91. The standard InChI is InChI=1S/C24H30N6O2/c1-17(2)21-15-20(19-6-7-22(32-4)18(3)14-19)27-30(21)16-23(31)28-10-12-29(13-11-28)24-25-8-5-9-26-24/h5-9,14-15,17H,10-13,16H2,1-4H3. The minimum Gasteiger partial charge on any atom is -0.496 e. The van der Waals surface area contributed by atoms with Crippen LogP contribution in [0, 0.1) is 6.92 Å². The number of nitrogens with zero attached hydrogens (tertiary/aromatic N) is 6. The molecule has 8 heteroatoms. The molecule has 4 rings (SSSR count). The summed E-state index contributed by atoms with van der Waals surface area (Å²) in [6.07, 6.45) is 3.49. The molecule has 1 saturated heterocycles. The molecule has 0 N–H and O–H groups in total. The van der Waals surface area contributed by atoms with E-state index in [1.807, 2.05) is 28.6 Å². The van der Waals surface area contributed by atoms with E-state index >= 15 is 0 Å². The molecule has 1 amide bonds. The van der Waals surface area contributed by atoms with E-state index in [-0.39, 0.29) is 18.4 Å². The van der Waals surface area contributed by atoms with Gasteiger partial charge in [-0.25, -0.2) is 9.97 Å². The Balaban J connectivity index is 1.47. The van der Waals surface area contributed by atoms with Crippen LogP contribution >= 0.6 is 0 Å². The lowest BCUT2D eigenvalue weighted by atomic mass is 10.1. The number of piperazine rings is 1. The van der Waals surface area contributed by atoms with E-state index in [4.69, 9.17) is 9.84 Å². The monoisotopic (exact) mass is 434 g/mol. The number of carbonyl (C=O) groups is 1. The van der Waals surface area contributed by atoms with Gasteiger partial charge in [0.1, 0.15) is 12.3 Å². The summed E-state index contributed by atoms with van der Waals surface area (Å²) < 4.78 is 7.23.